The van der Waals surface area contributed by atoms with Gasteiger partial charge in [-0.25, -0.2) is 9.59 Å². The number of hydrogen-bond donors (Lipinski definition) is 3. The number of aromatic hydroxyl groups is 2. The highest BCUT2D eigenvalue weighted by Gasteiger charge is 2.14. The van der Waals surface area contributed by atoms with Gasteiger partial charge >= 0.3 is 11.9 Å². The summed E-state index contributed by atoms with van der Waals surface area (Å²) < 4.78 is 4.90. The predicted octanol–water partition coefficient (Wildman–Crippen LogP) is 2.41. The van der Waals surface area contributed by atoms with Crippen molar-refractivity contribution < 1.29 is 29.6 Å². The van der Waals surface area contributed by atoms with Gasteiger partial charge in [0.1, 0.15) is 22.8 Å². The van der Waals surface area contributed by atoms with Crippen molar-refractivity contribution in [2.75, 3.05) is 0 Å². The topological polar surface area (TPSA) is 104 Å². The number of para-hydroxylation sites is 1. The van der Waals surface area contributed by atoms with E-state index in [0.29, 0.717) is 5.56 Å². The molecule has 0 aromatic heterocycles. The van der Waals surface area contributed by atoms with Gasteiger partial charge in [-0.2, -0.15) is 0 Å². The predicted molar refractivity (Wildman–Crippen MR) is 77.8 cm³/mol. The van der Waals surface area contributed by atoms with Gasteiger partial charge in [0.2, 0.25) is 0 Å². The summed E-state index contributed by atoms with van der Waals surface area (Å²) in [5.41, 5.74) is 0.163. The maximum Gasteiger partial charge on any atom is 0.339 e. The molecule has 0 unspecified atom stereocenters. The normalized spacial score (nSPS) is 10.5. The second-order valence-corrected chi connectivity index (χ2v) is 4.30. The summed E-state index contributed by atoms with van der Waals surface area (Å²) in [5.74, 6) is -2.61. The van der Waals surface area contributed by atoms with Crippen LogP contribution < -0.4 is 4.74 Å². The SMILES string of the molecule is O=C(/C=C/c1ccccc1O)Oc1cc(O)ccc1C(=O)O. The van der Waals surface area contributed by atoms with Gasteiger partial charge in [-0.3, -0.25) is 0 Å². The molecule has 0 saturated carbocycles. The Kier molecular flexibility index (Phi) is 4.43. The van der Waals surface area contributed by atoms with E-state index in [1.54, 1.807) is 18.2 Å². The van der Waals surface area contributed by atoms with Crippen LogP contribution in [0.5, 0.6) is 17.2 Å². The molecule has 0 fully saturated rings. The van der Waals surface area contributed by atoms with Crippen LogP contribution in [0, 0.1) is 0 Å². The molecule has 2 aromatic rings. The fourth-order valence-corrected chi connectivity index (χ4v) is 1.70. The van der Waals surface area contributed by atoms with E-state index < -0.39 is 11.9 Å². The minimum atomic E-state index is -1.28. The molecular weight excluding hydrogens is 288 g/mol. The van der Waals surface area contributed by atoms with E-state index in [-0.39, 0.29) is 22.8 Å². The molecule has 0 heterocycles. The van der Waals surface area contributed by atoms with Gasteiger partial charge in [-0.15, -0.1) is 0 Å². The maximum absolute atomic E-state index is 11.7. The molecule has 22 heavy (non-hydrogen) atoms. The lowest BCUT2D eigenvalue weighted by Gasteiger charge is -2.06. The summed E-state index contributed by atoms with van der Waals surface area (Å²) in [6.07, 6.45) is 2.38. The Hall–Kier alpha value is -3.28. The number of ether oxygens (including phenoxy) is 1. The molecule has 0 aliphatic rings. The van der Waals surface area contributed by atoms with Crippen LogP contribution in [-0.4, -0.2) is 27.3 Å². The molecule has 0 amide bonds. The number of aromatic carboxylic acids is 1. The summed E-state index contributed by atoms with van der Waals surface area (Å²) in [5, 5.41) is 27.9. The summed E-state index contributed by atoms with van der Waals surface area (Å²) in [7, 11) is 0. The van der Waals surface area contributed by atoms with Crippen LogP contribution in [0.1, 0.15) is 15.9 Å². The monoisotopic (exact) mass is 300 g/mol. The number of phenolic OH excluding ortho intramolecular Hbond substituents is 2. The largest absolute Gasteiger partial charge is 0.508 e. The van der Waals surface area contributed by atoms with Crippen LogP contribution in [0.3, 0.4) is 0 Å². The highest BCUT2D eigenvalue weighted by Crippen LogP contribution is 2.24. The molecule has 0 aliphatic carbocycles. The summed E-state index contributed by atoms with van der Waals surface area (Å²) in [4.78, 5) is 22.7. The quantitative estimate of drug-likeness (QED) is 0.455. The molecule has 2 rings (SSSR count). The second kappa shape index (κ2) is 6.45. The fraction of sp³-hybridized carbons (Fsp3) is 0. The summed E-state index contributed by atoms with van der Waals surface area (Å²) in [6.45, 7) is 0. The average molecular weight is 300 g/mol. The highest BCUT2D eigenvalue weighted by atomic mass is 16.5. The van der Waals surface area contributed by atoms with Crippen molar-refractivity contribution in [3.63, 3.8) is 0 Å². The fourth-order valence-electron chi connectivity index (χ4n) is 1.70. The van der Waals surface area contributed by atoms with Gasteiger partial charge in [-0.05, 0) is 24.3 Å². The third-order valence-corrected chi connectivity index (χ3v) is 2.74. The van der Waals surface area contributed by atoms with Crippen LogP contribution >= 0.6 is 0 Å². The Morgan fingerprint density at radius 1 is 1.05 bits per heavy atom. The van der Waals surface area contributed by atoms with Crippen LogP contribution in [-0.2, 0) is 4.79 Å². The Labute approximate surface area is 125 Å². The minimum Gasteiger partial charge on any atom is -0.508 e. The number of phenols is 2. The van der Waals surface area contributed by atoms with Crippen molar-refractivity contribution in [1.82, 2.24) is 0 Å². The van der Waals surface area contributed by atoms with Crippen molar-refractivity contribution in [2.45, 2.75) is 0 Å². The molecule has 2 aromatic carbocycles. The van der Waals surface area contributed by atoms with Crippen LogP contribution in [0.15, 0.2) is 48.5 Å². The number of carbonyl (C=O) groups is 2. The molecule has 6 nitrogen and oxygen atoms in total. The highest BCUT2D eigenvalue weighted by molar-refractivity contribution is 5.94. The number of benzene rings is 2. The lowest BCUT2D eigenvalue weighted by molar-refractivity contribution is -0.128. The Morgan fingerprint density at radius 2 is 1.77 bits per heavy atom. The number of esters is 1. The Morgan fingerprint density at radius 3 is 2.45 bits per heavy atom. The smallest absolute Gasteiger partial charge is 0.339 e. The molecule has 112 valence electrons. The zero-order valence-electron chi connectivity index (χ0n) is 11.3. The molecule has 6 heteroatoms. The number of carboxylic acid groups (broad SMARTS) is 1. The van der Waals surface area contributed by atoms with Gasteiger partial charge in [0.05, 0.1) is 0 Å². The second-order valence-electron chi connectivity index (χ2n) is 4.30. The zero-order chi connectivity index (χ0) is 16.1. The standard InChI is InChI=1S/C16H12O6/c17-11-6-7-12(16(20)21)14(9-11)22-15(19)8-5-10-3-1-2-4-13(10)18/h1-9,17-18H,(H,20,21)/b8-5+. The molecule has 0 spiro atoms. The molecule has 0 aliphatic heterocycles. The van der Waals surface area contributed by atoms with Crippen LogP contribution in [0.4, 0.5) is 0 Å². The number of carboxylic acids is 1. The Bertz CT molecular complexity index is 748. The van der Waals surface area contributed by atoms with E-state index in [2.05, 4.69) is 0 Å². The van der Waals surface area contributed by atoms with Crippen LogP contribution in [0.2, 0.25) is 0 Å². The van der Waals surface area contributed by atoms with Crippen molar-refractivity contribution in [1.29, 1.82) is 0 Å². The lowest BCUT2D eigenvalue weighted by Crippen LogP contribution is -2.08. The number of hydrogen-bond acceptors (Lipinski definition) is 5. The van der Waals surface area contributed by atoms with E-state index in [1.807, 2.05) is 0 Å². The van der Waals surface area contributed by atoms with Crippen molar-refractivity contribution in [2.24, 2.45) is 0 Å². The van der Waals surface area contributed by atoms with E-state index >= 15 is 0 Å². The summed E-state index contributed by atoms with van der Waals surface area (Å²) >= 11 is 0. The third kappa shape index (κ3) is 3.63. The first-order valence-electron chi connectivity index (χ1n) is 6.21. The molecule has 0 bridgehead atoms. The number of rotatable bonds is 4. The van der Waals surface area contributed by atoms with E-state index in [4.69, 9.17) is 9.84 Å². The molecular formula is C16H12O6. The minimum absolute atomic E-state index is 0.00451. The summed E-state index contributed by atoms with van der Waals surface area (Å²) in [6, 6.07) is 9.72. The van der Waals surface area contributed by atoms with Crippen molar-refractivity contribution >= 4 is 18.0 Å². The van der Waals surface area contributed by atoms with Crippen molar-refractivity contribution in [3.8, 4) is 17.2 Å². The van der Waals surface area contributed by atoms with E-state index in [9.17, 15) is 19.8 Å². The first kappa shape index (κ1) is 15.1. The van der Waals surface area contributed by atoms with E-state index in [1.165, 1.54) is 18.2 Å². The zero-order valence-corrected chi connectivity index (χ0v) is 11.3. The third-order valence-electron chi connectivity index (χ3n) is 2.74. The average Bonchev–Trinajstić information content (AvgIpc) is 2.46. The molecule has 0 saturated heterocycles. The lowest BCUT2D eigenvalue weighted by atomic mass is 10.2. The van der Waals surface area contributed by atoms with Crippen LogP contribution in [0.25, 0.3) is 6.08 Å². The maximum atomic E-state index is 11.7. The van der Waals surface area contributed by atoms with Crippen molar-refractivity contribution in [3.05, 3.63) is 59.7 Å². The molecule has 0 radical (unpaired) electrons. The molecule has 0 atom stereocenters. The van der Waals surface area contributed by atoms with Gasteiger partial charge in [-0.1, -0.05) is 18.2 Å². The number of carbonyl (C=O) groups excluding carboxylic acids is 1. The van der Waals surface area contributed by atoms with Gasteiger partial charge in [0, 0.05) is 17.7 Å². The van der Waals surface area contributed by atoms with Gasteiger partial charge in [0.25, 0.3) is 0 Å². The molecule has 3 N–H and O–H groups in total. The first-order chi connectivity index (χ1) is 10.5. The van der Waals surface area contributed by atoms with Gasteiger partial charge in [0.15, 0.2) is 0 Å². The Balaban J connectivity index is 2.18. The van der Waals surface area contributed by atoms with E-state index in [0.717, 1.165) is 18.2 Å². The van der Waals surface area contributed by atoms with Gasteiger partial charge < -0.3 is 20.1 Å². The first-order valence-corrected chi connectivity index (χ1v) is 6.21.